The molecule has 21 heavy (non-hydrogen) atoms. The van der Waals surface area contributed by atoms with E-state index in [2.05, 4.69) is 15.3 Å². The van der Waals surface area contributed by atoms with Crippen LogP contribution in [0.2, 0.25) is 0 Å². The molecule has 0 saturated carbocycles. The summed E-state index contributed by atoms with van der Waals surface area (Å²) in [5, 5.41) is 3.78. The Kier molecular flexibility index (Phi) is 3.73. The van der Waals surface area contributed by atoms with Gasteiger partial charge in [-0.15, -0.1) is 0 Å². The Labute approximate surface area is 121 Å². The Morgan fingerprint density at radius 1 is 1.10 bits per heavy atom. The van der Waals surface area contributed by atoms with Gasteiger partial charge in [0.2, 0.25) is 0 Å². The first-order valence-corrected chi connectivity index (χ1v) is 6.49. The van der Waals surface area contributed by atoms with Gasteiger partial charge in [-0.2, -0.15) is 0 Å². The van der Waals surface area contributed by atoms with Crippen molar-refractivity contribution in [1.29, 1.82) is 0 Å². The summed E-state index contributed by atoms with van der Waals surface area (Å²) in [6, 6.07) is 13.0. The number of pyridine rings is 2. The SMILES string of the molecule is O=C(COc1cccnc1)Nc1cccc2cccnc12. The van der Waals surface area contributed by atoms with E-state index in [0.717, 1.165) is 10.9 Å². The van der Waals surface area contributed by atoms with Crippen molar-refractivity contribution in [3.63, 3.8) is 0 Å². The number of anilines is 1. The molecule has 0 bridgehead atoms. The van der Waals surface area contributed by atoms with Crippen LogP contribution in [0.25, 0.3) is 10.9 Å². The lowest BCUT2D eigenvalue weighted by Crippen LogP contribution is -2.20. The number of nitrogens with zero attached hydrogens (tertiary/aromatic N) is 2. The van der Waals surface area contributed by atoms with E-state index in [1.807, 2.05) is 30.3 Å². The molecule has 104 valence electrons. The first-order valence-electron chi connectivity index (χ1n) is 6.49. The molecule has 5 nitrogen and oxygen atoms in total. The highest BCUT2D eigenvalue weighted by atomic mass is 16.5. The van der Waals surface area contributed by atoms with Gasteiger partial charge in [-0.1, -0.05) is 18.2 Å². The van der Waals surface area contributed by atoms with Gasteiger partial charge in [0.1, 0.15) is 5.75 Å². The molecule has 3 rings (SSSR count). The number of para-hydroxylation sites is 1. The number of nitrogens with one attached hydrogen (secondary N) is 1. The van der Waals surface area contributed by atoms with Gasteiger partial charge in [-0.3, -0.25) is 14.8 Å². The van der Waals surface area contributed by atoms with E-state index in [1.54, 1.807) is 30.7 Å². The lowest BCUT2D eigenvalue weighted by molar-refractivity contribution is -0.118. The van der Waals surface area contributed by atoms with Crippen LogP contribution in [0.4, 0.5) is 5.69 Å². The van der Waals surface area contributed by atoms with Crippen LogP contribution in [-0.2, 0) is 4.79 Å². The summed E-state index contributed by atoms with van der Waals surface area (Å²) in [6.07, 6.45) is 4.91. The summed E-state index contributed by atoms with van der Waals surface area (Å²) in [5.41, 5.74) is 1.43. The minimum Gasteiger partial charge on any atom is -0.482 e. The number of hydrogen-bond donors (Lipinski definition) is 1. The minimum absolute atomic E-state index is 0.0745. The molecule has 0 unspecified atom stereocenters. The Morgan fingerprint density at radius 2 is 1.95 bits per heavy atom. The summed E-state index contributed by atoms with van der Waals surface area (Å²) >= 11 is 0. The molecule has 1 amide bonds. The molecule has 0 radical (unpaired) electrons. The average molecular weight is 279 g/mol. The second-order valence-electron chi connectivity index (χ2n) is 4.41. The molecule has 0 atom stereocenters. The van der Waals surface area contributed by atoms with Gasteiger partial charge in [0.15, 0.2) is 6.61 Å². The maximum Gasteiger partial charge on any atom is 0.262 e. The molecule has 0 fully saturated rings. The van der Waals surface area contributed by atoms with Crippen molar-refractivity contribution in [2.45, 2.75) is 0 Å². The Balaban J connectivity index is 1.69. The van der Waals surface area contributed by atoms with Gasteiger partial charge in [0, 0.05) is 17.8 Å². The third kappa shape index (κ3) is 3.14. The van der Waals surface area contributed by atoms with Crippen molar-refractivity contribution < 1.29 is 9.53 Å². The predicted octanol–water partition coefficient (Wildman–Crippen LogP) is 2.65. The first-order chi connectivity index (χ1) is 10.3. The average Bonchev–Trinajstić information content (AvgIpc) is 2.54. The number of ether oxygens (including phenoxy) is 1. The van der Waals surface area contributed by atoms with E-state index in [-0.39, 0.29) is 12.5 Å². The monoisotopic (exact) mass is 279 g/mol. The standard InChI is InChI=1S/C16H13N3O2/c20-15(11-21-13-6-3-8-17-10-13)19-14-7-1-4-12-5-2-9-18-16(12)14/h1-10H,11H2,(H,19,20). The molecule has 0 aliphatic heterocycles. The van der Waals surface area contributed by atoms with Gasteiger partial charge < -0.3 is 10.1 Å². The molecule has 0 aliphatic rings. The molecule has 0 aliphatic carbocycles. The lowest BCUT2D eigenvalue weighted by atomic mass is 10.2. The number of hydrogen-bond acceptors (Lipinski definition) is 4. The van der Waals surface area contributed by atoms with Gasteiger partial charge in [-0.05, 0) is 24.3 Å². The lowest BCUT2D eigenvalue weighted by Gasteiger charge is -2.09. The normalized spacial score (nSPS) is 10.3. The largest absolute Gasteiger partial charge is 0.482 e. The Morgan fingerprint density at radius 3 is 2.81 bits per heavy atom. The predicted molar refractivity (Wildman–Crippen MR) is 80.1 cm³/mol. The third-order valence-corrected chi connectivity index (χ3v) is 2.91. The van der Waals surface area contributed by atoms with Crippen LogP contribution in [0.3, 0.4) is 0 Å². The molecular weight excluding hydrogens is 266 g/mol. The van der Waals surface area contributed by atoms with E-state index in [9.17, 15) is 4.79 Å². The fourth-order valence-corrected chi connectivity index (χ4v) is 1.97. The smallest absolute Gasteiger partial charge is 0.262 e. The van der Waals surface area contributed by atoms with Crippen LogP contribution < -0.4 is 10.1 Å². The van der Waals surface area contributed by atoms with Crippen LogP contribution in [0.5, 0.6) is 5.75 Å². The number of benzene rings is 1. The number of aromatic nitrogens is 2. The summed E-state index contributed by atoms with van der Waals surface area (Å²) < 4.78 is 5.36. The summed E-state index contributed by atoms with van der Waals surface area (Å²) in [7, 11) is 0. The third-order valence-electron chi connectivity index (χ3n) is 2.91. The van der Waals surface area contributed by atoms with Crippen molar-refractivity contribution in [1.82, 2.24) is 9.97 Å². The molecular formula is C16H13N3O2. The highest BCUT2D eigenvalue weighted by Gasteiger charge is 2.07. The van der Waals surface area contributed by atoms with Crippen LogP contribution >= 0.6 is 0 Å². The van der Waals surface area contributed by atoms with E-state index in [0.29, 0.717) is 11.4 Å². The van der Waals surface area contributed by atoms with E-state index in [1.165, 1.54) is 0 Å². The van der Waals surface area contributed by atoms with Crippen molar-refractivity contribution in [3.8, 4) is 5.75 Å². The summed E-state index contributed by atoms with van der Waals surface area (Å²) in [6.45, 7) is -0.0745. The second-order valence-corrected chi connectivity index (χ2v) is 4.41. The van der Waals surface area contributed by atoms with E-state index >= 15 is 0 Å². The van der Waals surface area contributed by atoms with Crippen molar-refractivity contribution in [3.05, 3.63) is 61.1 Å². The maximum absolute atomic E-state index is 11.9. The van der Waals surface area contributed by atoms with Crippen LogP contribution in [0.1, 0.15) is 0 Å². The van der Waals surface area contributed by atoms with Gasteiger partial charge in [0.25, 0.3) is 5.91 Å². The van der Waals surface area contributed by atoms with E-state index in [4.69, 9.17) is 4.74 Å². The van der Waals surface area contributed by atoms with Crippen molar-refractivity contribution in [2.24, 2.45) is 0 Å². The first kappa shape index (κ1) is 13.1. The van der Waals surface area contributed by atoms with Crippen LogP contribution in [-0.4, -0.2) is 22.5 Å². The van der Waals surface area contributed by atoms with Crippen molar-refractivity contribution >= 4 is 22.5 Å². The molecule has 1 aromatic carbocycles. The molecule has 1 N–H and O–H groups in total. The number of amides is 1. The topological polar surface area (TPSA) is 64.1 Å². The number of fused-ring (bicyclic) bond motifs is 1. The fraction of sp³-hybridized carbons (Fsp3) is 0.0625. The molecule has 0 spiro atoms. The number of carbonyl (C=O) groups is 1. The zero-order valence-corrected chi connectivity index (χ0v) is 11.2. The van der Waals surface area contributed by atoms with Gasteiger partial charge in [0.05, 0.1) is 17.4 Å². The highest BCUT2D eigenvalue weighted by molar-refractivity contribution is 6.00. The van der Waals surface area contributed by atoms with Gasteiger partial charge >= 0.3 is 0 Å². The quantitative estimate of drug-likeness (QED) is 0.797. The zero-order chi connectivity index (χ0) is 14.5. The maximum atomic E-state index is 11.9. The molecule has 5 heteroatoms. The molecule has 2 aromatic heterocycles. The highest BCUT2D eigenvalue weighted by Crippen LogP contribution is 2.20. The van der Waals surface area contributed by atoms with Crippen molar-refractivity contribution in [2.75, 3.05) is 11.9 Å². The molecule has 0 saturated heterocycles. The summed E-state index contributed by atoms with van der Waals surface area (Å²) in [4.78, 5) is 20.2. The van der Waals surface area contributed by atoms with Crippen LogP contribution in [0, 0.1) is 0 Å². The second kappa shape index (κ2) is 6.00. The minimum atomic E-state index is -0.239. The Hall–Kier alpha value is -2.95. The molecule has 2 heterocycles. The fourth-order valence-electron chi connectivity index (χ4n) is 1.97. The summed E-state index contributed by atoms with van der Waals surface area (Å²) in [5.74, 6) is 0.320. The number of carbonyl (C=O) groups excluding carboxylic acids is 1. The van der Waals surface area contributed by atoms with Crippen LogP contribution in [0.15, 0.2) is 61.1 Å². The Bertz CT molecular complexity index is 754. The van der Waals surface area contributed by atoms with E-state index < -0.39 is 0 Å². The van der Waals surface area contributed by atoms with Gasteiger partial charge in [-0.25, -0.2) is 0 Å². The number of rotatable bonds is 4. The molecule has 3 aromatic rings. The zero-order valence-electron chi connectivity index (χ0n) is 11.2.